The fourth-order valence-corrected chi connectivity index (χ4v) is 2.74. The Kier molecular flexibility index (Phi) is 4.99. The van der Waals surface area contributed by atoms with Crippen LogP contribution in [0.1, 0.15) is 59.8 Å². The van der Waals surface area contributed by atoms with Crippen LogP contribution in [0.4, 0.5) is 0 Å². The van der Waals surface area contributed by atoms with Gasteiger partial charge in [0, 0.05) is 6.04 Å². The molecule has 17 heavy (non-hydrogen) atoms. The molecule has 3 nitrogen and oxygen atoms in total. The lowest BCUT2D eigenvalue weighted by Crippen LogP contribution is -2.48. The van der Waals surface area contributed by atoms with Crippen LogP contribution in [0.25, 0.3) is 0 Å². The summed E-state index contributed by atoms with van der Waals surface area (Å²) in [7, 11) is 0. The summed E-state index contributed by atoms with van der Waals surface area (Å²) in [5.41, 5.74) is 6.25. The van der Waals surface area contributed by atoms with E-state index in [-0.39, 0.29) is 11.9 Å². The van der Waals surface area contributed by atoms with Crippen LogP contribution >= 0.6 is 0 Å². The molecule has 0 aromatic heterocycles. The van der Waals surface area contributed by atoms with E-state index in [2.05, 4.69) is 33.0 Å². The minimum atomic E-state index is -0.347. The maximum atomic E-state index is 11.9. The van der Waals surface area contributed by atoms with Crippen LogP contribution in [0, 0.1) is 11.3 Å². The van der Waals surface area contributed by atoms with Crippen molar-refractivity contribution in [2.24, 2.45) is 17.1 Å². The normalized spacial score (nSPS) is 25.6. The molecular weight excluding hydrogens is 212 g/mol. The summed E-state index contributed by atoms with van der Waals surface area (Å²) < 4.78 is 0. The third-order valence-corrected chi connectivity index (χ3v) is 3.61. The maximum Gasteiger partial charge on any atom is 0.237 e. The first kappa shape index (κ1) is 14.5. The van der Waals surface area contributed by atoms with Crippen LogP contribution in [0.5, 0.6) is 0 Å². The third kappa shape index (κ3) is 5.07. The molecule has 1 saturated carbocycles. The second-order valence-electron chi connectivity index (χ2n) is 6.70. The Morgan fingerprint density at radius 2 is 2.12 bits per heavy atom. The van der Waals surface area contributed by atoms with E-state index in [1.165, 1.54) is 12.8 Å². The molecule has 0 aromatic carbocycles. The van der Waals surface area contributed by atoms with Gasteiger partial charge in [0.2, 0.25) is 5.91 Å². The van der Waals surface area contributed by atoms with E-state index in [1.807, 2.05) is 0 Å². The monoisotopic (exact) mass is 240 g/mol. The Labute approximate surface area is 106 Å². The molecule has 1 rings (SSSR count). The van der Waals surface area contributed by atoms with Gasteiger partial charge in [-0.3, -0.25) is 4.79 Å². The maximum absolute atomic E-state index is 11.9. The molecule has 1 aliphatic rings. The molecule has 3 N–H and O–H groups in total. The summed E-state index contributed by atoms with van der Waals surface area (Å²) in [6, 6.07) is -0.0236. The van der Waals surface area contributed by atoms with Crippen LogP contribution in [0.15, 0.2) is 0 Å². The lowest BCUT2D eigenvalue weighted by Gasteiger charge is -2.36. The predicted octanol–water partition coefficient (Wildman–Crippen LogP) is 2.44. The van der Waals surface area contributed by atoms with Gasteiger partial charge in [0.1, 0.15) is 0 Å². The molecule has 3 heteroatoms. The highest BCUT2D eigenvalue weighted by atomic mass is 16.2. The number of hydrogen-bond acceptors (Lipinski definition) is 2. The Bertz CT molecular complexity index is 261. The summed E-state index contributed by atoms with van der Waals surface area (Å²) >= 11 is 0. The Morgan fingerprint density at radius 1 is 1.47 bits per heavy atom. The van der Waals surface area contributed by atoms with Crippen LogP contribution in [-0.2, 0) is 4.79 Å². The number of nitrogens with one attached hydrogen (secondary N) is 1. The van der Waals surface area contributed by atoms with Gasteiger partial charge in [-0.2, -0.15) is 0 Å². The molecule has 0 aromatic rings. The van der Waals surface area contributed by atoms with E-state index in [4.69, 9.17) is 5.73 Å². The summed E-state index contributed by atoms with van der Waals surface area (Å²) in [5, 5.41) is 3.12. The SMILES string of the molecule is CC(C)CC(N)C(=O)NC1CCCC(C)(C)C1. The molecule has 0 aliphatic heterocycles. The number of nitrogens with two attached hydrogens (primary N) is 1. The number of hydrogen-bond donors (Lipinski definition) is 2. The van der Waals surface area contributed by atoms with Gasteiger partial charge in [0.05, 0.1) is 6.04 Å². The topological polar surface area (TPSA) is 55.1 Å². The van der Waals surface area contributed by atoms with Crippen molar-refractivity contribution in [2.45, 2.75) is 71.9 Å². The van der Waals surface area contributed by atoms with E-state index in [0.717, 1.165) is 19.3 Å². The highest BCUT2D eigenvalue weighted by molar-refractivity contribution is 5.81. The van der Waals surface area contributed by atoms with E-state index < -0.39 is 0 Å². The molecule has 1 amide bonds. The van der Waals surface area contributed by atoms with Crippen LogP contribution in [0.2, 0.25) is 0 Å². The lowest BCUT2D eigenvalue weighted by atomic mass is 9.75. The van der Waals surface area contributed by atoms with E-state index in [1.54, 1.807) is 0 Å². The number of carbonyl (C=O) groups excluding carboxylic acids is 1. The average molecular weight is 240 g/mol. The lowest BCUT2D eigenvalue weighted by molar-refractivity contribution is -0.123. The number of carbonyl (C=O) groups is 1. The van der Waals surface area contributed by atoms with Gasteiger partial charge in [-0.1, -0.05) is 34.1 Å². The standard InChI is InChI=1S/C14H28N2O/c1-10(2)8-12(15)13(17)16-11-6-5-7-14(3,4)9-11/h10-12H,5-9,15H2,1-4H3,(H,16,17). The summed E-state index contributed by atoms with van der Waals surface area (Å²) in [4.78, 5) is 11.9. The van der Waals surface area contributed by atoms with Crippen molar-refractivity contribution in [3.05, 3.63) is 0 Å². The zero-order valence-corrected chi connectivity index (χ0v) is 11.8. The molecule has 0 heterocycles. The molecule has 0 spiro atoms. The summed E-state index contributed by atoms with van der Waals surface area (Å²) in [6.07, 6.45) is 5.41. The smallest absolute Gasteiger partial charge is 0.237 e. The number of amides is 1. The van der Waals surface area contributed by atoms with Crippen LogP contribution in [0.3, 0.4) is 0 Å². The first-order chi connectivity index (χ1) is 7.80. The molecule has 1 aliphatic carbocycles. The van der Waals surface area contributed by atoms with Gasteiger partial charge >= 0.3 is 0 Å². The van der Waals surface area contributed by atoms with Gasteiger partial charge in [-0.25, -0.2) is 0 Å². The van der Waals surface area contributed by atoms with Gasteiger partial charge in [-0.15, -0.1) is 0 Å². The van der Waals surface area contributed by atoms with Crippen molar-refractivity contribution in [2.75, 3.05) is 0 Å². The fourth-order valence-electron chi connectivity index (χ4n) is 2.74. The molecule has 100 valence electrons. The Hall–Kier alpha value is -0.570. The number of rotatable bonds is 4. The molecule has 2 unspecified atom stereocenters. The highest BCUT2D eigenvalue weighted by Crippen LogP contribution is 2.35. The highest BCUT2D eigenvalue weighted by Gasteiger charge is 2.29. The van der Waals surface area contributed by atoms with Crippen LogP contribution in [-0.4, -0.2) is 18.0 Å². The molecule has 0 radical (unpaired) electrons. The second kappa shape index (κ2) is 5.85. The summed E-state index contributed by atoms with van der Waals surface area (Å²) in [5.74, 6) is 0.500. The fraction of sp³-hybridized carbons (Fsp3) is 0.929. The largest absolute Gasteiger partial charge is 0.352 e. The van der Waals surface area contributed by atoms with E-state index >= 15 is 0 Å². The van der Waals surface area contributed by atoms with Crippen molar-refractivity contribution < 1.29 is 4.79 Å². The minimum absolute atomic E-state index is 0.0291. The van der Waals surface area contributed by atoms with Crippen molar-refractivity contribution in [3.8, 4) is 0 Å². The quantitative estimate of drug-likeness (QED) is 0.793. The molecule has 0 saturated heterocycles. The predicted molar refractivity (Wildman–Crippen MR) is 71.6 cm³/mol. The van der Waals surface area contributed by atoms with Crippen molar-refractivity contribution in [1.29, 1.82) is 0 Å². The zero-order valence-electron chi connectivity index (χ0n) is 11.8. The van der Waals surface area contributed by atoms with Gasteiger partial charge in [-0.05, 0) is 37.0 Å². The van der Waals surface area contributed by atoms with Gasteiger partial charge in [0.25, 0.3) is 0 Å². The van der Waals surface area contributed by atoms with E-state index in [0.29, 0.717) is 17.4 Å². The van der Waals surface area contributed by atoms with E-state index in [9.17, 15) is 4.79 Å². The van der Waals surface area contributed by atoms with Crippen molar-refractivity contribution in [3.63, 3.8) is 0 Å². The molecule has 0 bridgehead atoms. The van der Waals surface area contributed by atoms with Crippen molar-refractivity contribution >= 4 is 5.91 Å². The Balaban J connectivity index is 2.40. The first-order valence-corrected chi connectivity index (χ1v) is 6.86. The third-order valence-electron chi connectivity index (χ3n) is 3.61. The second-order valence-corrected chi connectivity index (χ2v) is 6.70. The molecule has 2 atom stereocenters. The minimum Gasteiger partial charge on any atom is -0.352 e. The zero-order chi connectivity index (χ0) is 13.1. The molecule has 1 fully saturated rings. The van der Waals surface area contributed by atoms with Crippen molar-refractivity contribution in [1.82, 2.24) is 5.32 Å². The molecular formula is C14H28N2O. The average Bonchev–Trinajstić information content (AvgIpc) is 2.14. The summed E-state index contributed by atoms with van der Waals surface area (Å²) in [6.45, 7) is 8.74. The Morgan fingerprint density at radius 3 is 2.65 bits per heavy atom. The van der Waals surface area contributed by atoms with Gasteiger partial charge in [0.15, 0.2) is 0 Å². The van der Waals surface area contributed by atoms with Gasteiger partial charge < -0.3 is 11.1 Å². The van der Waals surface area contributed by atoms with Crippen LogP contribution < -0.4 is 11.1 Å². The first-order valence-electron chi connectivity index (χ1n) is 6.86.